The average molecular weight is 331 g/mol. The van der Waals surface area contributed by atoms with Gasteiger partial charge in [0.2, 0.25) is 0 Å². The van der Waals surface area contributed by atoms with Crippen molar-refractivity contribution in [1.29, 1.82) is 0 Å². The van der Waals surface area contributed by atoms with Crippen molar-refractivity contribution in [2.45, 2.75) is 18.7 Å². The van der Waals surface area contributed by atoms with E-state index in [1.165, 1.54) is 19.1 Å². The number of aryl methyl sites for hydroxylation is 1. The molecular formula is C16H17N3O3S. The Kier molecular flexibility index (Phi) is 5.13. The van der Waals surface area contributed by atoms with E-state index in [4.69, 9.17) is 5.21 Å². The highest BCUT2D eigenvalue weighted by Gasteiger charge is 2.15. The van der Waals surface area contributed by atoms with E-state index < -0.39 is 10.0 Å². The van der Waals surface area contributed by atoms with Crippen molar-refractivity contribution in [2.24, 2.45) is 10.3 Å². The van der Waals surface area contributed by atoms with Crippen LogP contribution in [0.15, 0.2) is 69.7 Å². The van der Waals surface area contributed by atoms with Gasteiger partial charge in [0, 0.05) is 5.56 Å². The zero-order valence-corrected chi connectivity index (χ0v) is 13.6. The average Bonchev–Trinajstić information content (AvgIpc) is 2.56. The molecule has 0 heterocycles. The summed E-state index contributed by atoms with van der Waals surface area (Å²) in [5.41, 5.74) is 2.03. The molecule has 0 unspecified atom stereocenters. The molecule has 0 saturated carbocycles. The zero-order valence-electron chi connectivity index (χ0n) is 12.8. The van der Waals surface area contributed by atoms with Crippen LogP contribution in [0.4, 0.5) is 0 Å². The number of hydrogen-bond donors (Lipinski definition) is 2. The third kappa shape index (κ3) is 4.17. The van der Waals surface area contributed by atoms with Crippen molar-refractivity contribution >= 4 is 21.4 Å². The Morgan fingerprint density at radius 2 is 1.65 bits per heavy atom. The molecule has 0 radical (unpaired) electrons. The molecule has 0 spiro atoms. The number of nitrogens with one attached hydrogen (secondary N) is 1. The van der Waals surface area contributed by atoms with E-state index in [1.54, 1.807) is 36.4 Å². The molecule has 2 aromatic carbocycles. The van der Waals surface area contributed by atoms with E-state index in [2.05, 4.69) is 15.1 Å². The lowest BCUT2D eigenvalue weighted by Crippen LogP contribution is -2.23. The van der Waals surface area contributed by atoms with Crippen LogP contribution in [0.2, 0.25) is 0 Å². The van der Waals surface area contributed by atoms with Gasteiger partial charge in [-0.15, -0.1) is 0 Å². The Hall–Kier alpha value is -2.67. The largest absolute Gasteiger partial charge is 0.411 e. The Labute approximate surface area is 135 Å². The van der Waals surface area contributed by atoms with Crippen molar-refractivity contribution in [1.82, 2.24) is 4.83 Å². The first kappa shape index (κ1) is 16.7. The van der Waals surface area contributed by atoms with Crippen LogP contribution in [0.5, 0.6) is 0 Å². The van der Waals surface area contributed by atoms with Gasteiger partial charge < -0.3 is 5.21 Å². The van der Waals surface area contributed by atoms with E-state index in [0.29, 0.717) is 5.56 Å². The number of hydrogen-bond acceptors (Lipinski definition) is 5. The lowest BCUT2D eigenvalue weighted by Gasteiger charge is -2.08. The number of oxime groups is 1. The predicted molar refractivity (Wildman–Crippen MR) is 89.4 cm³/mol. The SMILES string of the molecule is CC(=N/O)/C(=N\NS(=O)(=O)c1ccc(C)cc1)c1ccccc1. The Balaban J connectivity index is 2.35. The summed E-state index contributed by atoms with van der Waals surface area (Å²) in [5.74, 6) is 0. The van der Waals surface area contributed by atoms with Crippen molar-refractivity contribution in [3.05, 3.63) is 65.7 Å². The van der Waals surface area contributed by atoms with E-state index in [0.717, 1.165) is 5.56 Å². The summed E-state index contributed by atoms with van der Waals surface area (Å²) >= 11 is 0. The van der Waals surface area contributed by atoms with Crippen LogP contribution in [-0.4, -0.2) is 25.0 Å². The first-order chi connectivity index (χ1) is 10.9. The maximum Gasteiger partial charge on any atom is 0.276 e. The third-order valence-corrected chi connectivity index (χ3v) is 4.37. The first-order valence-electron chi connectivity index (χ1n) is 6.84. The van der Waals surface area contributed by atoms with Crippen LogP contribution >= 0.6 is 0 Å². The van der Waals surface area contributed by atoms with Crippen LogP contribution in [0.3, 0.4) is 0 Å². The molecule has 23 heavy (non-hydrogen) atoms. The highest BCUT2D eigenvalue weighted by molar-refractivity contribution is 7.89. The smallest absolute Gasteiger partial charge is 0.276 e. The molecule has 0 saturated heterocycles. The van der Waals surface area contributed by atoms with Gasteiger partial charge in [0.25, 0.3) is 10.0 Å². The van der Waals surface area contributed by atoms with Crippen molar-refractivity contribution in [2.75, 3.05) is 0 Å². The molecule has 0 fully saturated rings. The van der Waals surface area contributed by atoms with Gasteiger partial charge in [0.15, 0.2) is 0 Å². The molecular weight excluding hydrogens is 314 g/mol. The van der Waals surface area contributed by atoms with Crippen molar-refractivity contribution in [3.8, 4) is 0 Å². The van der Waals surface area contributed by atoms with Gasteiger partial charge in [-0.3, -0.25) is 0 Å². The van der Waals surface area contributed by atoms with Gasteiger partial charge in [-0.05, 0) is 26.0 Å². The Morgan fingerprint density at radius 1 is 1.04 bits per heavy atom. The molecule has 2 aromatic rings. The highest BCUT2D eigenvalue weighted by Crippen LogP contribution is 2.10. The molecule has 2 N–H and O–H groups in total. The predicted octanol–water partition coefficient (Wildman–Crippen LogP) is 2.53. The topological polar surface area (TPSA) is 91.1 Å². The number of hydrazone groups is 1. The van der Waals surface area contributed by atoms with E-state index in [1.807, 2.05) is 13.0 Å². The van der Waals surface area contributed by atoms with E-state index in [-0.39, 0.29) is 16.3 Å². The third-order valence-electron chi connectivity index (χ3n) is 3.15. The van der Waals surface area contributed by atoms with Gasteiger partial charge in [0.05, 0.1) is 4.90 Å². The fraction of sp³-hybridized carbons (Fsp3) is 0.125. The monoisotopic (exact) mass is 331 g/mol. The van der Waals surface area contributed by atoms with E-state index >= 15 is 0 Å². The summed E-state index contributed by atoms with van der Waals surface area (Å²) < 4.78 is 24.5. The fourth-order valence-corrected chi connectivity index (χ4v) is 2.68. The van der Waals surface area contributed by atoms with Crippen LogP contribution in [0.1, 0.15) is 18.1 Å². The standard InChI is InChI=1S/C16H17N3O3S/c1-12-8-10-15(11-9-12)23(21,22)19-17-16(13(2)18-20)14-6-4-3-5-7-14/h3-11,19-20H,1-2H3/b17-16+,18-13-. The molecule has 0 aliphatic heterocycles. The van der Waals surface area contributed by atoms with Gasteiger partial charge in [-0.1, -0.05) is 53.2 Å². The maximum absolute atomic E-state index is 12.3. The highest BCUT2D eigenvalue weighted by atomic mass is 32.2. The first-order valence-corrected chi connectivity index (χ1v) is 8.33. The quantitative estimate of drug-likeness (QED) is 0.501. The minimum Gasteiger partial charge on any atom is -0.411 e. The normalized spacial score (nSPS) is 13.0. The van der Waals surface area contributed by atoms with Crippen molar-refractivity contribution in [3.63, 3.8) is 0 Å². The number of sulfonamides is 1. The number of nitrogens with zero attached hydrogens (tertiary/aromatic N) is 2. The molecule has 0 bridgehead atoms. The Morgan fingerprint density at radius 3 is 2.22 bits per heavy atom. The minimum atomic E-state index is -3.80. The van der Waals surface area contributed by atoms with Gasteiger partial charge >= 0.3 is 0 Å². The van der Waals surface area contributed by atoms with Crippen LogP contribution in [-0.2, 0) is 10.0 Å². The lowest BCUT2D eigenvalue weighted by molar-refractivity contribution is 0.320. The molecule has 2 rings (SSSR count). The van der Waals surface area contributed by atoms with Crippen LogP contribution in [0, 0.1) is 6.92 Å². The molecule has 6 nitrogen and oxygen atoms in total. The zero-order chi connectivity index (χ0) is 16.9. The minimum absolute atomic E-state index is 0.109. The second kappa shape index (κ2) is 7.06. The van der Waals surface area contributed by atoms with Gasteiger partial charge in [-0.2, -0.15) is 18.4 Å². The maximum atomic E-state index is 12.3. The van der Waals surface area contributed by atoms with Gasteiger partial charge in [0.1, 0.15) is 11.4 Å². The molecule has 0 amide bonds. The molecule has 0 aromatic heterocycles. The summed E-state index contributed by atoms with van der Waals surface area (Å²) in [6, 6.07) is 15.3. The van der Waals surface area contributed by atoms with E-state index in [9.17, 15) is 8.42 Å². The fourth-order valence-electron chi connectivity index (χ4n) is 1.87. The van der Waals surface area contributed by atoms with Crippen LogP contribution < -0.4 is 4.83 Å². The Bertz CT molecular complexity index is 827. The van der Waals surface area contributed by atoms with Gasteiger partial charge in [-0.25, -0.2) is 0 Å². The van der Waals surface area contributed by atoms with Crippen LogP contribution in [0.25, 0.3) is 0 Å². The number of benzene rings is 2. The summed E-state index contributed by atoms with van der Waals surface area (Å²) in [6.45, 7) is 3.41. The molecule has 0 atom stereocenters. The lowest BCUT2D eigenvalue weighted by atomic mass is 10.1. The number of rotatable bonds is 5. The second-order valence-electron chi connectivity index (χ2n) is 4.92. The summed E-state index contributed by atoms with van der Waals surface area (Å²) in [6.07, 6.45) is 0. The second-order valence-corrected chi connectivity index (χ2v) is 6.58. The summed E-state index contributed by atoms with van der Waals surface area (Å²) in [4.78, 5) is 2.29. The molecule has 120 valence electrons. The molecule has 0 aliphatic rings. The molecule has 0 aliphatic carbocycles. The molecule has 7 heteroatoms. The summed E-state index contributed by atoms with van der Waals surface area (Å²) in [5, 5.41) is 16.0. The van der Waals surface area contributed by atoms with Crippen molar-refractivity contribution < 1.29 is 13.6 Å². The summed E-state index contributed by atoms with van der Waals surface area (Å²) in [7, 11) is -3.80.